The van der Waals surface area contributed by atoms with Crippen molar-refractivity contribution in [2.75, 3.05) is 13.1 Å². The Bertz CT molecular complexity index is 412. The molecule has 0 radical (unpaired) electrons. The van der Waals surface area contributed by atoms with Gasteiger partial charge in [-0.2, -0.15) is 0 Å². The van der Waals surface area contributed by atoms with Gasteiger partial charge in [0.15, 0.2) is 0 Å². The Morgan fingerprint density at radius 1 is 1.44 bits per heavy atom. The molecule has 100 valence electrons. The van der Waals surface area contributed by atoms with Gasteiger partial charge in [0.05, 0.1) is 12.2 Å². The van der Waals surface area contributed by atoms with Crippen molar-refractivity contribution in [3.05, 3.63) is 12.4 Å². The second-order valence-corrected chi connectivity index (χ2v) is 5.50. The Labute approximate surface area is 106 Å². The SMILES string of the molecule is CC(C)(C)OC(=O)N1C[C@@H](n2ccnn2)[C@@H](N)C1. The third-order valence-electron chi connectivity index (χ3n) is 2.77. The molecule has 0 aromatic carbocycles. The van der Waals surface area contributed by atoms with Crippen LogP contribution in [0.3, 0.4) is 0 Å². The van der Waals surface area contributed by atoms with Gasteiger partial charge in [-0.1, -0.05) is 5.21 Å². The largest absolute Gasteiger partial charge is 0.444 e. The smallest absolute Gasteiger partial charge is 0.410 e. The predicted octanol–water partition coefficient (Wildman–Crippen LogP) is 0.397. The van der Waals surface area contributed by atoms with Gasteiger partial charge in [0.2, 0.25) is 0 Å². The molecule has 0 saturated carbocycles. The molecule has 0 aliphatic carbocycles. The zero-order valence-corrected chi connectivity index (χ0v) is 10.9. The zero-order valence-electron chi connectivity index (χ0n) is 10.9. The van der Waals surface area contributed by atoms with E-state index >= 15 is 0 Å². The van der Waals surface area contributed by atoms with Crippen LogP contribution in [0.5, 0.6) is 0 Å². The summed E-state index contributed by atoms with van der Waals surface area (Å²) in [4.78, 5) is 13.5. The first-order valence-corrected chi connectivity index (χ1v) is 5.96. The average Bonchev–Trinajstić information content (AvgIpc) is 2.82. The topological polar surface area (TPSA) is 86.3 Å². The molecule has 1 aliphatic rings. The lowest BCUT2D eigenvalue weighted by Gasteiger charge is -2.24. The number of rotatable bonds is 1. The van der Waals surface area contributed by atoms with Gasteiger partial charge in [0.25, 0.3) is 0 Å². The van der Waals surface area contributed by atoms with Crippen molar-refractivity contribution >= 4 is 6.09 Å². The van der Waals surface area contributed by atoms with Crippen molar-refractivity contribution in [1.82, 2.24) is 19.9 Å². The van der Waals surface area contributed by atoms with E-state index in [1.54, 1.807) is 22.0 Å². The standard InChI is InChI=1S/C11H19N5O2/c1-11(2,3)18-10(17)15-6-8(12)9(7-15)16-5-4-13-14-16/h4-5,8-9H,6-7,12H2,1-3H3/t8-,9+/m0/s1. The van der Waals surface area contributed by atoms with Crippen molar-refractivity contribution in [2.45, 2.75) is 38.5 Å². The quantitative estimate of drug-likeness (QED) is 0.782. The fourth-order valence-corrected chi connectivity index (χ4v) is 1.96. The summed E-state index contributed by atoms with van der Waals surface area (Å²) in [6.07, 6.45) is 3.02. The van der Waals surface area contributed by atoms with E-state index in [0.717, 1.165) is 0 Å². The molecule has 1 amide bonds. The summed E-state index contributed by atoms with van der Waals surface area (Å²) in [6, 6.07) is -0.195. The Balaban J connectivity index is 2.00. The number of hydrogen-bond donors (Lipinski definition) is 1. The zero-order chi connectivity index (χ0) is 13.3. The number of carbonyl (C=O) groups excluding carboxylic acids is 1. The molecule has 7 heteroatoms. The number of nitrogens with two attached hydrogens (primary N) is 1. The van der Waals surface area contributed by atoms with Gasteiger partial charge in [0, 0.05) is 25.3 Å². The summed E-state index contributed by atoms with van der Waals surface area (Å²) in [7, 11) is 0. The first-order valence-electron chi connectivity index (χ1n) is 5.96. The third kappa shape index (κ3) is 2.79. The lowest BCUT2D eigenvalue weighted by atomic mass is 10.2. The van der Waals surface area contributed by atoms with Gasteiger partial charge in [-0.15, -0.1) is 5.10 Å². The molecule has 0 spiro atoms. The number of amides is 1. The highest BCUT2D eigenvalue weighted by Gasteiger charge is 2.36. The maximum absolute atomic E-state index is 11.9. The third-order valence-corrected chi connectivity index (χ3v) is 2.77. The van der Waals surface area contributed by atoms with Gasteiger partial charge in [0.1, 0.15) is 5.60 Å². The maximum atomic E-state index is 11.9. The van der Waals surface area contributed by atoms with Crippen LogP contribution < -0.4 is 5.73 Å². The normalized spacial score (nSPS) is 24.3. The van der Waals surface area contributed by atoms with Crippen LogP contribution in [0.25, 0.3) is 0 Å². The molecule has 7 nitrogen and oxygen atoms in total. The van der Waals surface area contributed by atoms with E-state index in [1.807, 2.05) is 20.8 Å². The molecule has 0 bridgehead atoms. The Hall–Kier alpha value is -1.63. The second-order valence-electron chi connectivity index (χ2n) is 5.50. The molecular weight excluding hydrogens is 234 g/mol. The predicted molar refractivity (Wildman–Crippen MR) is 64.8 cm³/mol. The molecule has 18 heavy (non-hydrogen) atoms. The second kappa shape index (κ2) is 4.56. The van der Waals surface area contributed by atoms with Crippen LogP contribution in [-0.4, -0.2) is 50.7 Å². The van der Waals surface area contributed by atoms with Gasteiger partial charge in [-0.3, -0.25) is 0 Å². The number of likely N-dealkylation sites (tertiary alicyclic amines) is 1. The molecule has 2 rings (SSSR count). The highest BCUT2D eigenvalue weighted by Crippen LogP contribution is 2.21. The molecule has 1 aliphatic heterocycles. The number of ether oxygens (including phenoxy) is 1. The van der Waals surface area contributed by atoms with Crippen LogP contribution in [0.1, 0.15) is 26.8 Å². The van der Waals surface area contributed by atoms with Crippen molar-refractivity contribution in [1.29, 1.82) is 0 Å². The molecule has 1 aromatic heterocycles. The molecule has 0 unspecified atom stereocenters. The molecule has 2 N–H and O–H groups in total. The van der Waals surface area contributed by atoms with Gasteiger partial charge < -0.3 is 15.4 Å². The summed E-state index contributed by atoms with van der Waals surface area (Å²) >= 11 is 0. The molecule has 1 aromatic rings. The van der Waals surface area contributed by atoms with Gasteiger partial charge >= 0.3 is 6.09 Å². The molecular formula is C11H19N5O2. The number of carbonyl (C=O) groups is 1. The van der Waals surface area contributed by atoms with Crippen molar-refractivity contribution < 1.29 is 9.53 Å². The molecule has 1 saturated heterocycles. The van der Waals surface area contributed by atoms with Crippen molar-refractivity contribution in [3.63, 3.8) is 0 Å². The van der Waals surface area contributed by atoms with E-state index < -0.39 is 5.60 Å². The highest BCUT2D eigenvalue weighted by atomic mass is 16.6. The van der Waals surface area contributed by atoms with Crippen LogP contribution >= 0.6 is 0 Å². The fourth-order valence-electron chi connectivity index (χ4n) is 1.96. The van der Waals surface area contributed by atoms with E-state index in [4.69, 9.17) is 10.5 Å². The monoisotopic (exact) mass is 253 g/mol. The van der Waals surface area contributed by atoms with Crippen LogP contribution in [0.15, 0.2) is 12.4 Å². The summed E-state index contributed by atoms with van der Waals surface area (Å²) in [5, 5.41) is 7.68. The number of aromatic nitrogens is 3. The first kappa shape index (κ1) is 12.8. The number of hydrogen-bond acceptors (Lipinski definition) is 5. The lowest BCUT2D eigenvalue weighted by Crippen LogP contribution is -2.36. The maximum Gasteiger partial charge on any atom is 0.410 e. The van der Waals surface area contributed by atoms with E-state index in [2.05, 4.69) is 10.3 Å². The molecule has 1 fully saturated rings. The average molecular weight is 253 g/mol. The summed E-state index contributed by atoms with van der Waals surface area (Å²) in [5.74, 6) is 0. The number of nitrogens with zero attached hydrogens (tertiary/aromatic N) is 4. The van der Waals surface area contributed by atoms with E-state index in [0.29, 0.717) is 13.1 Å². The van der Waals surface area contributed by atoms with Crippen LogP contribution in [0, 0.1) is 0 Å². The fraction of sp³-hybridized carbons (Fsp3) is 0.727. The Morgan fingerprint density at radius 2 is 2.17 bits per heavy atom. The minimum atomic E-state index is -0.494. The minimum absolute atomic E-state index is 0.0416. The molecule has 2 atom stereocenters. The first-order chi connectivity index (χ1) is 8.37. The van der Waals surface area contributed by atoms with Crippen molar-refractivity contribution in [3.8, 4) is 0 Å². The van der Waals surface area contributed by atoms with Crippen LogP contribution in [0.2, 0.25) is 0 Å². The van der Waals surface area contributed by atoms with Crippen LogP contribution in [-0.2, 0) is 4.74 Å². The molecule has 2 heterocycles. The van der Waals surface area contributed by atoms with Gasteiger partial charge in [-0.25, -0.2) is 9.48 Å². The van der Waals surface area contributed by atoms with Crippen molar-refractivity contribution in [2.24, 2.45) is 5.73 Å². The van der Waals surface area contributed by atoms with E-state index in [1.165, 1.54) is 0 Å². The highest BCUT2D eigenvalue weighted by molar-refractivity contribution is 5.68. The Morgan fingerprint density at radius 3 is 2.72 bits per heavy atom. The summed E-state index contributed by atoms with van der Waals surface area (Å²) < 4.78 is 7.01. The van der Waals surface area contributed by atoms with E-state index in [-0.39, 0.29) is 18.2 Å². The summed E-state index contributed by atoms with van der Waals surface area (Å²) in [6.45, 7) is 6.50. The Kier molecular flexibility index (Phi) is 3.25. The van der Waals surface area contributed by atoms with Gasteiger partial charge in [-0.05, 0) is 20.8 Å². The van der Waals surface area contributed by atoms with Crippen LogP contribution in [0.4, 0.5) is 4.79 Å². The summed E-state index contributed by atoms with van der Waals surface area (Å²) in [5.41, 5.74) is 5.53. The minimum Gasteiger partial charge on any atom is -0.444 e. The van der Waals surface area contributed by atoms with E-state index in [9.17, 15) is 4.79 Å². The lowest BCUT2D eigenvalue weighted by molar-refractivity contribution is 0.0287.